The monoisotopic (exact) mass is 160 g/mol. The fraction of sp³-hybridized carbons (Fsp3) is 0.400. The van der Waals surface area contributed by atoms with Gasteiger partial charge in [-0.3, -0.25) is 0 Å². The lowest BCUT2D eigenvalue weighted by molar-refractivity contribution is 0.871. The third-order valence-corrected chi connectivity index (χ3v) is 2.16. The zero-order valence-electron chi connectivity index (χ0n) is 7.41. The van der Waals surface area contributed by atoms with Gasteiger partial charge in [0.25, 0.3) is 0 Å². The first kappa shape index (κ1) is 7.47. The van der Waals surface area contributed by atoms with E-state index in [0.717, 1.165) is 12.2 Å². The van der Waals surface area contributed by atoms with Crippen LogP contribution in [0.5, 0.6) is 0 Å². The average molecular weight is 160 g/mol. The van der Waals surface area contributed by atoms with Gasteiger partial charge in [-0.2, -0.15) is 0 Å². The molecule has 0 spiro atoms. The van der Waals surface area contributed by atoms with Crippen molar-refractivity contribution in [2.75, 3.05) is 0 Å². The Kier molecular flexibility index (Phi) is 1.68. The summed E-state index contributed by atoms with van der Waals surface area (Å²) in [5.74, 6) is 1.46. The predicted octanol–water partition coefficient (Wildman–Crippen LogP) is 2.37. The molecule has 0 fully saturated rings. The summed E-state index contributed by atoms with van der Waals surface area (Å²) in [4.78, 5) is 8.66. The van der Waals surface area contributed by atoms with Crippen molar-refractivity contribution in [2.45, 2.75) is 20.3 Å². The van der Waals surface area contributed by atoms with Gasteiger partial charge in [-0.1, -0.05) is 19.9 Å². The lowest BCUT2D eigenvalue weighted by Crippen LogP contribution is -2.06. The van der Waals surface area contributed by atoms with Crippen molar-refractivity contribution in [2.24, 2.45) is 10.9 Å². The third-order valence-electron chi connectivity index (χ3n) is 2.16. The SMILES string of the molecule is CC(C)C1=Nc2ncccc2C1. The average Bonchev–Trinajstić information content (AvgIpc) is 2.46. The van der Waals surface area contributed by atoms with Crippen LogP contribution in [0.3, 0.4) is 0 Å². The molecule has 0 saturated heterocycles. The molecular formula is C10H12N2. The maximum absolute atomic E-state index is 4.46. The molecule has 0 aromatic carbocycles. The number of aromatic nitrogens is 1. The Bertz CT molecular complexity index is 326. The molecule has 12 heavy (non-hydrogen) atoms. The van der Waals surface area contributed by atoms with E-state index in [1.165, 1.54) is 11.3 Å². The molecule has 2 heteroatoms. The summed E-state index contributed by atoms with van der Waals surface area (Å²) in [6.45, 7) is 4.34. The highest BCUT2D eigenvalue weighted by Gasteiger charge is 2.16. The summed E-state index contributed by atoms with van der Waals surface area (Å²) in [7, 11) is 0. The number of hydrogen-bond acceptors (Lipinski definition) is 2. The minimum atomic E-state index is 0.541. The van der Waals surface area contributed by atoms with E-state index in [4.69, 9.17) is 0 Å². The molecule has 0 radical (unpaired) electrons. The van der Waals surface area contributed by atoms with Crippen molar-refractivity contribution in [3.8, 4) is 0 Å². The first-order valence-electron chi connectivity index (χ1n) is 4.28. The Morgan fingerprint density at radius 2 is 2.25 bits per heavy atom. The molecule has 2 nitrogen and oxygen atoms in total. The van der Waals surface area contributed by atoms with Gasteiger partial charge in [-0.15, -0.1) is 0 Å². The Balaban J connectivity index is 2.35. The van der Waals surface area contributed by atoms with Crippen LogP contribution >= 0.6 is 0 Å². The molecule has 0 N–H and O–H groups in total. The molecule has 0 bridgehead atoms. The van der Waals surface area contributed by atoms with Crippen LogP contribution in [0, 0.1) is 5.92 Å². The van der Waals surface area contributed by atoms with E-state index < -0.39 is 0 Å². The van der Waals surface area contributed by atoms with Crippen molar-refractivity contribution in [1.82, 2.24) is 4.98 Å². The second kappa shape index (κ2) is 2.70. The van der Waals surface area contributed by atoms with Crippen molar-refractivity contribution in [3.05, 3.63) is 23.9 Å². The van der Waals surface area contributed by atoms with E-state index in [1.54, 1.807) is 6.20 Å². The standard InChI is InChI=1S/C10H12N2/c1-7(2)9-6-8-4-3-5-11-10(8)12-9/h3-5,7H,6H2,1-2H3. The van der Waals surface area contributed by atoms with E-state index in [2.05, 4.69) is 29.9 Å². The zero-order chi connectivity index (χ0) is 8.55. The van der Waals surface area contributed by atoms with Gasteiger partial charge in [0.2, 0.25) is 0 Å². The predicted molar refractivity (Wildman–Crippen MR) is 49.9 cm³/mol. The van der Waals surface area contributed by atoms with Crippen LogP contribution in [0.25, 0.3) is 0 Å². The van der Waals surface area contributed by atoms with Crippen LogP contribution in [0.4, 0.5) is 5.82 Å². The first-order valence-corrected chi connectivity index (χ1v) is 4.28. The molecule has 0 atom stereocenters. The van der Waals surface area contributed by atoms with Gasteiger partial charge in [-0.05, 0) is 12.0 Å². The second-order valence-electron chi connectivity index (χ2n) is 3.42. The van der Waals surface area contributed by atoms with Crippen molar-refractivity contribution in [3.63, 3.8) is 0 Å². The number of fused-ring (bicyclic) bond motifs is 1. The number of hydrogen-bond donors (Lipinski definition) is 0. The van der Waals surface area contributed by atoms with Crippen LogP contribution in [-0.4, -0.2) is 10.7 Å². The van der Waals surface area contributed by atoms with Crippen molar-refractivity contribution >= 4 is 11.5 Å². The number of pyridine rings is 1. The summed E-state index contributed by atoms with van der Waals surface area (Å²) in [5, 5.41) is 0. The summed E-state index contributed by atoms with van der Waals surface area (Å²) >= 11 is 0. The summed E-state index contributed by atoms with van der Waals surface area (Å²) in [6.07, 6.45) is 2.78. The van der Waals surface area contributed by atoms with E-state index >= 15 is 0 Å². The molecule has 1 aliphatic heterocycles. The fourth-order valence-electron chi connectivity index (χ4n) is 1.37. The maximum Gasteiger partial charge on any atom is 0.155 e. The number of nitrogens with zero attached hydrogens (tertiary/aromatic N) is 2. The van der Waals surface area contributed by atoms with Gasteiger partial charge < -0.3 is 0 Å². The molecule has 0 amide bonds. The van der Waals surface area contributed by atoms with Crippen molar-refractivity contribution < 1.29 is 0 Å². The minimum Gasteiger partial charge on any atom is -0.237 e. The van der Waals surface area contributed by atoms with E-state index in [0.29, 0.717) is 5.92 Å². The van der Waals surface area contributed by atoms with Crippen LogP contribution < -0.4 is 0 Å². The van der Waals surface area contributed by atoms with E-state index in [-0.39, 0.29) is 0 Å². The summed E-state index contributed by atoms with van der Waals surface area (Å²) in [6, 6.07) is 4.07. The zero-order valence-corrected chi connectivity index (χ0v) is 7.41. The topological polar surface area (TPSA) is 25.2 Å². The summed E-state index contributed by atoms with van der Waals surface area (Å²) < 4.78 is 0. The van der Waals surface area contributed by atoms with Gasteiger partial charge in [0.15, 0.2) is 5.82 Å². The highest BCUT2D eigenvalue weighted by Crippen LogP contribution is 2.25. The maximum atomic E-state index is 4.46. The van der Waals surface area contributed by atoms with Crippen LogP contribution in [0.2, 0.25) is 0 Å². The normalized spacial score (nSPS) is 14.8. The first-order chi connectivity index (χ1) is 5.77. The molecule has 0 unspecified atom stereocenters. The lowest BCUT2D eigenvalue weighted by Gasteiger charge is -2.01. The van der Waals surface area contributed by atoms with Gasteiger partial charge in [0.05, 0.1) is 0 Å². The van der Waals surface area contributed by atoms with E-state index in [1.807, 2.05) is 6.07 Å². The molecule has 0 saturated carbocycles. The highest BCUT2D eigenvalue weighted by molar-refractivity contribution is 5.94. The van der Waals surface area contributed by atoms with Gasteiger partial charge in [0.1, 0.15) is 0 Å². The molecule has 62 valence electrons. The number of aliphatic imine (C=N–C) groups is 1. The van der Waals surface area contributed by atoms with Crippen LogP contribution in [0.1, 0.15) is 19.4 Å². The van der Waals surface area contributed by atoms with Crippen LogP contribution in [0.15, 0.2) is 23.3 Å². The molecule has 1 aliphatic rings. The Hall–Kier alpha value is -1.18. The van der Waals surface area contributed by atoms with Gasteiger partial charge in [-0.25, -0.2) is 9.98 Å². The number of rotatable bonds is 1. The largest absolute Gasteiger partial charge is 0.237 e. The molecule has 1 aromatic rings. The van der Waals surface area contributed by atoms with E-state index in [9.17, 15) is 0 Å². The Morgan fingerprint density at radius 1 is 1.42 bits per heavy atom. The van der Waals surface area contributed by atoms with Crippen molar-refractivity contribution in [1.29, 1.82) is 0 Å². The molecule has 2 heterocycles. The fourth-order valence-corrected chi connectivity index (χ4v) is 1.37. The van der Waals surface area contributed by atoms with Gasteiger partial charge in [0, 0.05) is 23.9 Å². The molecular weight excluding hydrogens is 148 g/mol. The highest BCUT2D eigenvalue weighted by atomic mass is 14.9. The quantitative estimate of drug-likeness (QED) is 0.619. The lowest BCUT2D eigenvalue weighted by atomic mass is 10.0. The Labute approximate surface area is 72.4 Å². The summed E-state index contributed by atoms with van der Waals surface area (Å²) in [5.41, 5.74) is 2.52. The molecule has 0 aliphatic carbocycles. The molecule has 1 aromatic heterocycles. The van der Waals surface area contributed by atoms with Crippen LogP contribution in [-0.2, 0) is 6.42 Å². The smallest absolute Gasteiger partial charge is 0.155 e. The minimum absolute atomic E-state index is 0.541. The van der Waals surface area contributed by atoms with Gasteiger partial charge >= 0.3 is 0 Å². The second-order valence-corrected chi connectivity index (χ2v) is 3.42. The third kappa shape index (κ3) is 1.13. The Morgan fingerprint density at radius 3 is 2.92 bits per heavy atom. The molecule has 2 rings (SSSR count).